The summed E-state index contributed by atoms with van der Waals surface area (Å²) in [5.41, 5.74) is 3.68. The van der Waals surface area contributed by atoms with E-state index in [1.165, 1.54) is 0 Å². The number of rotatable bonds is 6. The van der Waals surface area contributed by atoms with Crippen LogP contribution >= 0.6 is 0 Å². The molecule has 1 rings (SSSR count). The van der Waals surface area contributed by atoms with Gasteiger partial charge in [-0.1, -0.05) is 13.0 Å². The molecule has 0 spiro atoms. The number of likely N-dealkylation sites (N-methyl/N-ethyl adjacent to an activating group) is 1. The molecule has 108 valence electrons. The fourth-order valence-corrected chi connectivity index (χ4v) is 3.75. The summed E-state index contributed by atoms with van der Waals surface area (Å²) in [5, 5.41) is 3.10. The van der Waals surface area contributed by atoms with E-state index in [4.69, 9.17) is 0 Å². The number of hydrogen-bond donors (Lipinski definition) is 2. The van der Waals surface area contributed by atoms with E-state index in [0.717, 1.165) is 28.8 Å². The van der Waals surface area contributed by atoms with Gasteiger partial charge in [-0.05, 0) is 56.5 Å². The zero-order valence-electron chi connectivity index (χ0n) is 12.4. The van der Waals surface area contributed by atoms with E-state index in [-0.39, 0.29) is 0 Å². The topological polar surface area (TPSA) is 58.2 Å². The normalized spacial score (nSPS) is 11.8. The van der Waals surface area contributed by atoms with Gasteiger partial charge in [-0.3, -0.25) is 0 Å². The minimum Gasteiger partial charge on any atom is -0.316 e. The van der Waals surface area contributed by atoms with Gasteiger partial charge in [0.1, 0.15) is 0 Å². The summed E-state index contributed by atoms with van der Waals surface area (Å²) >= 11 is 0. The third-order valence-electron chi connectivity index (χ3n) is 3.41. The average molecular weight is 284 g/mol. The molecule has 0 aliphatic heterocycles. The maximum Gasteiger partial charge on any atom is 0.241 e. The van der Waals surface area contributed by atoms with Crippen molar-refractivity contribution >= 4 is 10.0 Å². The van der Waals surface area contributed by atoms with Gasteiger partial charge in [0.25, 0.3) is 0 Å². The highest BCUT2D eigenvalue weighted by molar-refractivity contribution is 7.89. The van der Waals surface area contributed by atoms with Crippen molar-refractivity contribution in [1.82, 2.24) is 10.0 Å². The van der Waals surface area contributed by atoms with E-state index in [2.05, 4.69) is 10.0 Å². The van der Waals surface area contributed by atoms with Crippen LogP contribution in [0.3, 0.4) is 0 Å². The monoisotopic (exact) mass is 284 g/mol. The number of aryl methyl sites for hydroxylation is 2. The van der Waals surface area contributed by atoms with Crippen molar-refractivity contribution in [1.29, 1.82) is 0 Å². The van der Waals surface area contributed by atoms with E-state index < -0.39 is 10.0 Å². The van der Waals surface area contributed by atoms with Crippen LogP contribution in [-0.4, -0.2) is 28.1 Å². The van der Waals surface area contributed by atoms with Crippen LogP contribution in [0.2, 0.25) is 0 Å². The molecule has 2 N–H and O–H groups in total. The summed E-state index contributed by atoms with van der Waals surface area (Å²) in [4.78, 5) is 0.432. The predicted octanol–water partition coefficient (Wildman–Crippen LogP) is 1.81. The molecule has 0 aliphatic rings. The molecule has 5 heteroatoms. The molecule has 0 amide bonds. The van der Waals surface area contributed by atoms with E-state index in [0.29, 0.717) is 18.0 Å². The first-order valence-electron chi connectivity index (χ1n) is 6.59. The lowest BCUT2D eigenvalue weighted by molar-refractivity contribution is 0.576. The average Bonchev–Trinajstić information content (AvgIpc) is 2.32. The third-order valence-corrected chi connectivity index (χ3v) is 5.14. The second kappa shape index (κ2) is 6.50. The molecule has 0 heterocycles. The molecule has 0 unspecified atom stereocenters. The van der Waals surface area contributed by atoms with Crippen molar-refractivity contribution in [3.63, 3.8) is 0 Å². The summed E-state index contributed by atoms with van der Waals surface area (Å²) in [7, 11) is -3.44. The Balaban J connectivity index is 3.08. The van der Waals surface area contributed by atoms with Crippen LogP contribution in [0.25, 0.3) is 0 Å². The summed E-state index contributed by atoms with van der Waals surface area (Å²) in [5.74, 6) is 0. The fourth-order valence-electron chi connectivity index (χ4n) is 2.11. The Bertz CT molecular complexity index is 525. The molecule has 4 nitrogen and oxygen atoms in total. The van der Waals surface area contributed by atoms with Crippen LogP contribution in [0, 0.1) is 27.7 Å². The van der Waals surface area contributed by atoms with Gasteiger partial charge >= 0.3 is 0 Å². The van der Waals surface area contributed by atoms with E-state index in [9.17, 15) is 8.42 Å². The third kappa shape index (κ3) is 3.78. The van der Waals surface area contributed by atoms with Crippen molar-refractivity contribution in [2.24, 2.45) is 0 Å². The van der Waals surface area contributed by atoms with Crippen LogP contribution in [0.1, 0.15) is 29.2 Å². The first kappa shape index (κ1) is 16.1. The molecule has 1 aromatic carbocycles. The van der Waals surface area contributed by atoms with Crippen molar-refractivity contribution in [2.45, 2.75) is 39.5 Å². The van der Waals surface area contributed by atoms with E-state index in [1.807, 2.05) is 40.7 Å². The lowest BCUT2D eigenvalue weighted by Crippen LogP contribution is -2.32. The number of benzene rings is 1. The maximum atomic E-state index is 12.4. The largest absolute Gasteiger partial charge is 0.316 e. The lowest BCUT2D eigenvalue weighted by atomic mass is 10.0. The van der Waals surface area contributed by atoms with Crippen molar-refractivity contribution in [2.75, 3.05) is 19.6 Å². The fraction of sp³-hybridized carbons (Fsp3) is 0.571. The Morgan fingerprint density at radius 2 is 1.53 bits per heavy atom. The Labute approximate surface area is 116 Å². The highest BCUT2D eigenvalue weighted by Crippen LogP contribution is 2.25. The van der Waals surface area contributed by atoms with E-state index in [1.54, 1.807) is 0 Å². The van der Waals surface area contributed by atoms with Crippen LogP contribution < -0.4 is 10.0 Å². The summed E-state index contributed by atoms with van der Waals surface area (Å²) in [6, 6.07) is 2.03. The number of nitrogens with one attached hydrogen (secondary N) is 2. The van der Waals surface area contributed by atoms with Crippen LogP contribution in [0.5, 0.6) is 0 Å². The highest BCUT2D eigenvalue weighted by atomic mass is 32.2. The van der Waals surface area contributed by atoms with Gasteiger partial charge in [0.2, 0.25) is 10.0 Å². The first-order chi connectivity index (χ1) is 8.81. The van der Waals surface area contributed by atoms with Crippen molar-refractivity contribution in [3.8, 4) is 0 Å². The van der Waals surface area contributed by atoms with Crippen molar-refractivity contribution in [3.05, 3.63) is 28.3 Å². The molecule has 0 fully saturated rings. The first-order valence-corrected chi connectivity index (χ1v) is 8.07. The minimum absolute atomic E-state index is 0.405. The standard InChI is InChI=1S/C14H24N2O2S/c1-6-15-7-8-16-19(17,18)14-12(4)10(2)9-11(3)13(14)5/h9,15-16H,6-8H2,1-5H3. The molecular weight excluding hydrogens is 260 g/mol. The van der Waals surface area contributed by atoms with Gasteiger partial charge in [0, 0.05) is 13.1 Å². The summed E-state index contributed by atoms with van der Waals surface area (Å²) < 4.78 is 27.5. The number of hydrogen-bond acceptors (Lipinski definition) is 3. The second-order valence-electron chi connectivity index (χ2n) is 4.84. The Hall–Kier alpha value is -0.910. The molecular formula is C14H24N2O2S. The van der Waals surface area contributed by atoms with Gasteiger partial charge in [-0.25, -0.2) is 13.1 Å². The quantitative estimate of drug-likeness (QED) is 0.783. The smallest absolute Gasteiger partial charge is 0.241 e. The lowest BCUT2D eigenvalue weighted by Gasteiger charge is -2.16. The van der Waals surface area contributed by atoms with Gasteiger partial charge in [0.05, 0.1) is 4.90 Å². The Morgan fingerprint density at radius 3 is 2.00 bits per heavy atom. The summed E-state index contributed by atoms with van der Waals surface area (Å²) in [6.45, 7) is 11.5. The van der Waals surface area contributed by atoms with Crippen LogP contribution in [0.4, 0.5) is 0 Å². The van der Waals surface area contributed by atoms with Gasteiger partial charge in [-0.15, -0.1) is 0 Å². The number of sulfonamides is 1. The Kier molecular flexibility index (Phi) is 5.52. The van der Waals surface area contributed by atoms with Crippen LogP contribution in [-0.2, 0) is 10.0 Å². The van der Waals surface area contributed by atoms with E-state index >= 15 is 0 Å². The second-order valence-corrected chi connectivity index (χ2v) is 6.54. The molecule has 0 saturated carbocycles. The van der Waals surface area contributed by atoms with Gasteiger partial charge in [-0.2, -0.15) is 0 Å². The van der Waals surface area contributed by atoms with Crippen molar-refractivity contribution < 1.29 is 8.42 Å². The maximum absolute atomic E-state index is 12.4. The molecule has 1 aromatic rings. The molecule has 0 bridgehead atoms. The van der Waals surface area contributed by atoms with Gasteiger partial charge in [0.15, 0.2) is 0 Å². The zero-order valence-corrected chi connectivity index (χ0v) is 13.2. The zero-order chi connectivity index (χ0) is 14.6. The summed E-state index contributed by atoms with van der Waals surface area (Å²) in [6.07, 6.45) is 0. The SMILES string of the molecule is CCNCCNS(=O)(=O)c1c(C)c(C)cc(C)c1C. The molecule has 19 heavy (non-hydrogen) atoms. The minimum atomic E-state index is -3.44. The molecule has 0 aromatic heterocycles. The van der Waals surface area contributed by atoms with Gasteiger partial charge < -0.3 is 5.32 Å². The molecule has 0 saturated heterocycles. The predicted molar refractivity (Wildman–Crippen MR) is 79.1 cm³/mol. The molecule has 0 aliphatic carbocycles. The van der Waals surface area contributed by atoms with Crippen LogP contribution in [0.15, 0.2) is 11.0 Å². The molecule has 0 radical (unpaired) electrons. The molecule has 0 atom stereocenters. The highest BCUT2D eigenvalue weighted by Gasteiger charge is 2.21. The Morgan fingerprint density at radius 1 is 1.00 bits per heavy atom.